The molecule has 5 heteroatoms. The number of hydrogen-bond donors (Lipinski definition) is 0. The van der Waals surface area contributed by atoms with E-state index in [-0.39, 0.29) is 17.8 Å². The number of ketones is 1. The summed E-state index contributed by atoms with van der Waals surface area (Å²) in [5, 5.41) is 0. The van der Waals surface area contributed by atoms with Crippen molar-refractivity contribution in [1.29, 1.82) is 0 Å². The Hall–Kier alpha value is -1.52. The fraction of sp³-hybridized carbons (Fsp3) is 0.300. The maximum Gasteiger partial charge on any atom is 0.203 e. The quantitative estimate of drug-likeness (QED) is 0.727. The molecule has 0 spiro atoms. The number of carbonyl (C=O) groups is 1. The summed E-state index contributed by atoms with van der Waals surface area (Å²) in [6.45, 7) is 1.23. The van der Waals surface area contributed by atoms with E-state index in [1.54, 1.807) is 0 Å². The summed E-state index contributed by atoms with van der Waals surface area (Å²) in [5.74, 6) is -4.80. The normalized spacial score (nSPS) is 10.2. The van der Waals surface area contributed by atoms with Gasteiger partial charge in [0.05, 0.1) is 7.11 Å². The van der Waals surface area contributed by atoms with Gasteiger partial charge in [-0.15, -0.1) is 0 Å². The van der Waals surface area contributed by atoms with Crippen LogP contribution < -0.4 is 4.74 Å². The molecule has 0 aliphatic heterocycles. The van der Waals surface area contributed by atoms with E-state index in [1.807, 2.05) is 0 Å². The largest absolute Gasteiger partial charge is 0.491 e. The van der Waals surface area contributed by atoms with Gasteiger partial charge in [-0.25, -0.2) is 8.78 Å². The van der Waals surface area contributed by atoms with E-state index in [2.05, 4.69) is 4.74 Å². The first-order valence-corrected chi connectivity index (χ1v) is 4.17. The van der Waals surface area contributed by atoms with E-state index >= 15 is 0 Å². The van der Waals surface area contributed by atoms with E-state index in [9.17, 15) is 18.0 Å². The van der Waals surface area contributed by atoms with Crippen molar-refractivity contribution in [3.05, 3.63) is 29.1 Å². The Balaban J connectivity index is 3.30. The molecule has 0 radical (unpaired) electrons. The zero-order valence-corrected chi connectivity index (χ0v) is 8.23. The van der Waals surface area contributed by atoms with Crippen LogP contribution in [0.15, 0.2) is 6.07 Å². The molecule has 1 rings (SSSR count). The lowest BCUT2D eigenvalue weighted by molar-refractivity contribution is -0.116. The van der Waals surface area contributed by atoms with E-state index in [0.29, 0.717) is 6.07 Å². The third-order valence-electron chi connectivity index (χ3n) is 1.83. The SMILES string of the molecule is COc1c(F)c(F)cc(CC(C)=O)c1F. The molecule has 1 aromatic carbocycles. The van der Waals surface area contributed by atoms with Crippen LogP contribution in [0.25, 0.3) is 0 Å². The van der Waals surface area contributed by atoms with Gasteiger partial charge < -0.3 is 4.74 Å². The minimum atomic E-state index is -1.39. The number of ether oxygens (including phenoxy) is 1. The fourth-order valence-corrected chi connectivity index (χ4v) is 1.21. The highest BCUT2D eigenvalue weighted by Gasteiger charge is 2.19. The van der Waals surface area contributed by atoms with Crippen molar-refractivity contribution in [2.45, 2.75) is 13.3 Å². The number of Topliss-reactive ketones (excluding diaryl/α,β-unsaturated/α-hetero) is 1. The van der Waals surface area contributed by atoms with Crippen LogP contribution in [0.2, 0.25) is 0 Å². The highest BCUT2D eigenvalue weighted by molar-refractivity contribution is 5.78. The van der Waals surface area contributed by atoms with Crippen molar-refractivity contribution in [3.8, 4) is 5.75 Å². The lowest BCUT2D eigenvalue weighted by Crippen LogP contribution is -2.05. The average molecular weight is 218 g/mol. The van der Waals surface area contributed by atoms with Gasteiger partial charge in [0, 0.05) is 12.0 Å². The van der Waals surface area contributed by atoms with Crippen LogP contribution in [0.4, 0.5) is 13.2 Å². The van der Waals surface area contributed by atoms with Crippen molar-refractivity contribution in [2.75, 3.05) is 7.11 Å². The Morgan fingerprint density at radius 2 is 1.93 bits per heavy atom. The number of methoxy groups -OCH3 is 1. The predicted molar refractivity (Wildman–Crippen MR) is 47.3 cm³/mol. The smallest absolute Gasteiger partial charge is 0.203 e. The lowest BCUT2D eigenvalue weighted by atomic mass is 10.1. The molecule has 0 bridgehead atoms. The summed E-state index contributed by atoms with van der Waals surface area (Å²) in [7, 11) is 1.03. The molecule has 0 fully saturated rings. The molecule has 0 aliphatic rings. The summed E-state index contributed by atoms with van der Waals surface area (Å²) in [6.07, 6.45) is -0.292. The third kappa shape index (κ3) is 2.29. The molecule has 82 valence electrons. The summed E-state index contributed by atoms with van der Waals surface area (Å²) in [4.78, 5) is 10.7. The second-order valence-corrected chi connectivity index (χ2v) is 3.06. The summed E-state index contributed by atoms with van der Waals surface area (Å²) in [5.41, 5.74) is -0.210. The van der Waals surface area contributed by atoms with Crippen molar-refractivity contribution in [1.82, 2.24) is 0 Å². The molecular weight excluding hydrogens is 209 g/mol. The molecule has 1 aromatic rings. The zero-order valence-electron chi connectivity index (χ0n) is 8.23. The molecule has 15 heavy (non-hydrogen) atoms. The van der Waals surface area contributed by atoms with Crippen molar-refractivity contribution >= 4 is 5.78 Å². The molecule has 0 saturated carbocycles. The zero-order chi connectivity index (χ0) is 11.6. The number of carbonyl (C=O) groups excluding carboxylic acids is 1. The third-order valence-corrected chi connectivity index (χ3v) is 1.83. The summed E-state index contributed by atoms with van der Waals surface area (Å²) >= 11 is 0. The van der Waals surface area contributed by atoms with Crippen molar-refractivity contribution in [2.24, 2.45) is 0 Å². The summed E-state index contributed by atoms with van der Waals surface area (Å²) in [6, 6.07) is 0.661. The second kappa shape index (κ2) is 4.33. The molecule has 0 amide bonds. The number of hydrogen-bond acceptors (Lipinski definition) is 2. The average Bonchev–Trinajstić information content (AvgIpc) is 2.14. The minimum absolute atomic E-state index is 0.210. The highest BCUT2D eigenvalue weighted by Crippen LogP contribution is 2.27. The molecule has 0 atom stereocenters. The fourth-order valence-electron chi connectivity index (χ4n) is 1.21. The van der Waals surface area contributed by atoms with Gasteiger partial charge >= 0.3 is 0 Å². The molecule has 0 heterocycles. The monoisotopic (exact) mass is 218 g/mol. The number of halogens is 3. The Morgan fingerprint density at radius 3 is 2.40 bits per heavy atom. The van der Waals surface area contributed by atoms with Crippen LogP contribution in [0.5, 0.6) is 5.75 Å². The van der Waals surface area contributed by atoms with Crippen molar-refractivity contribution in [3.63, 3.8) is 0 Å². The van der Waals surface area contributed by atoms with Gasteiger partial charge in [-0.2, -0.15) is 4.39 Å². The maximum atomic E-state index is 13.4. The number of benzene rings is 1. The second-order valence-electron chi connectivity index (χ2n) is 3.06. The molecule has 0 N–H and O–H groups in total. The van der Waals surface area contributed by atoms with Crippen LogP contribution in [0.3, 0.4) is 0 Å². The van der Waals surface area contributed by atoms with Crippen LogP contribution in [0, 0.1) is 17.5 Å². The van der Waals surface area contributed by atoms with Gasteiger partial charge in [-0.3, -0.25) is 4.79 Å². The van der Waals surface area contributed by atoms with Crippen LogP contribution in [0.1, 0.15) is 12.5 Å². The first-order chi connectivity index (χ1) is 6.97. The van der Waals surface area contributed by atoms with Crippen LogP contribution in [-0.4, -0.2) is 12.9 Å². The van der Waals surface area contributed by atoms with Gasteiger partial charge in [0.15, 0.2) is 17.4 Å². The Morgan fingerprint density at radius 1 is 1.33 bits per heavy atom. The van der Waals surface area contributed by atoms with Gasteiger partial charge in [-0.1, -0.05) is 0 Å². The molecule has 0 aliphatic carbocycles. The Bertz CT molecular complexity index is 402. The minimum Gasteiger partial charge on any atom is -0.491 e. The first-order valence-electron chi connectivity index (χ1n) is 4.17. The number of rotatable bonds is 3. The predicted octanol–water partition coefficient (Wildman–Crippen LogP) is 2.24. The van der Waals surface area contributed by atoms with Crippen LogP contribution >= 0.6 is 0 Å². The Kier molecular flexibility index (Phi) is 3.34. The maximum absolute atomic E-state index is 13.4. The van der Waals surface area contributed by atoms with E-state index in [0.717, 1.165) is 7.11 Å². The lowest BCUT2D eigenvalue weighted by Gasteiger charge is -2.08. The topological polar surface area (TPSA) is 26.3 Å². The summed E-state index contributed by atoms with van der Waals surface area (Å²) < 4.78 is 43.6. The molecular formula is C10H9F3O2. The first kappa shape index (κ1) is 11.6. The molecule has 0 saturated heterocycles. The van der Waals surface area contributed by atoms with E-state index < -0.39 is 23.2 Å². The molecule has 0 unspecified atom stereocenters. The van der Waals surface area contributed by atoms with Gasteiger partial charge in [-0.05, 0) is 13.0 Å². The van der Waals surface area contributed by atoms with Gasteiger partial charge in [0.1, 0.15) is 5.78 Å². The standard InChI is InChI=1S/C10H9F3O2/c1-5(14)3-6-4-7(11)9(13)10(15-2)8(6)12/h4H,3H2,1-2H3. The van der Waals surface area contributed by atoms with E-state index in [4.69, 9.17) is 0 Å². The highest BCUT2D eigenvalue weighted by atomic mass is 19.2. The molecule has 2 nitrogen and oxygen atoms in total. The van der Waals surface area contributed by atoms with Crippen LogP contribution in [-0.2, 0) is 11.2 Å². The molecule has 0 aromatic heterocycles. The van der Waals surface area contributed by atoms with E-state index in [1.165, 1.54) is 6.92 Å². The van der Waals surface area contributed by atoms with Gasteiger partial charge in [0.2, 0.25) is 5.82 Å². The van der Waals surface area contributed by atoms with Crippen molar-refractivity contribution < 1.29 is 22.7 Å². The Labute approximate surface area is 84.7 Å². The van der Waals surface area contributed by atoms with Gasteiger partial charge in [0.25, 0.3) is 0 Å².